The second kappa shape index (κ2) is 7.13. The SMILES string of the molecule is CC#CC(=O)N1CCC(NC(=O)c2ccc(C)c(C)c2)CC1. The van der Waals surface area contributed by atoms with Crippen molar-refractivity contribution in [1.29, 1.82) is 0 Å². The minimum atomic E-state index is -0.124. The van der Waals surface area contributed by atoms with Crippen LogP contribution >= 0.6 is 0 Å². The number of nitrogens with zero attached hydrogens (tertiary/aromatic N) is 1. The van der Waals surface area contributed by atoms with Gasteiger partial charge in [0.15, 0.2) is 0 Å². The molecule has 0 atom stereocenters. The van der Waals surface area contributed by atoms with Crippen molar-refractivity contribution in [3.63, 3.8) is 0 Å². The van der Waals surface area contributed by atoms with Gasteiger partial charge in [-0.25, -0.2) is 0 Å². The van der Waals surface area contributed by atoms with E-state index in [2.05, 4.69) is 17.2 Å². The largest absolute Gasteiger partial charge is 0.349 e. The second-order valence-corrected chi connectivity index (χ2v) is 5.71. The van der Waals surface area contributed by atoms with E-state index in [1.54, 1.807) is 11.8 Å². The van der Waals surface area contributed by atoms with Gasteiger partial charge in [-0.3, -0.25) is 9.59 Å². The van der Waals surface area contributed by atoms with Gasteiger partial charge in [0, 0.05) is 24.7 Å². The van der Waals surface area contributed by atoms with Crippen LogP contribution in [-0.2, 0) is 4.79 Å². The Morgan fingerprint density at radius 1 is 1.18 bits per heavy atom. The van der Waals surface area contributed by atoms with Crippen LogP contribution in [0.25, 0.3) is 0 Å². The molecular weight excluding hydrogens is 276 g/mol. The molecule has 4 nitrogen and oxygen atoms in total. The van der Waals surface area contributed by atoms with E-state index >= 15 is 0 Å². The highest BCUT2D eigenvalue weighted by atomic mass is 16.2. The number of carbonyl (C=O) groups is 2. The maximum absolute atomic E-state index is 12.3. The van der Waals surface area contributed by atoms with Crippen molar-refractivity contribution >= 4 is 11.8 Å². The molecule has 2 rings (SSSR count). The average Bonchev–Trinajstić information content (AvgIpc) is 2.51. The van der Waals surface area contributed by atoms with Gasteiger partial charge >= 0.3 is 0 Å². The van der Waals surface area contributed by atoms with Crippen LogP contribution in [0.3, 0.4) is 0 Å². The summed E-state index contributed by atoms with van der Waals surface area (Å²) >= 11 is 0. The summed E-state index contributed by atoms with van der Waals surface area (Å²) in [6, 6.07) is 5.86. The fourth-order valence-electron chi connectivity index (χ4n) is 2.56. The summed E-state index contributed by atoms with van der Waals surface area (Å²) in [6.07, 6.45) is 1.54. The Hall–Kier alpha value is -2.28. The van der Waals surface area contributed by atoms with Crippen LogP contribution in [0.2, 0.25) is 0 Å². The molecule has 1 saturated heterocycles. The Bertz CT molecular complexity index is 632. The van der Waals surface area contributed by atoms with Crippen molar-refractivity contribution < 1.29 is 9.59 Å². The van der Waals surface area contributed by atoms with Gasteiger partial charge in [0.2, 0.25) is 0 Å². The zero-order valence-corrected chi connectivity index (χ0v) is 13.4. The molecule has 0 aromatic heterocycles. The van der Waals surface area contributed by atoms with Crippen molar-refractivity contribution in [2.75, 3.05) is 13.1 Å². The van der Waals surface area contributed by atoms with Crippen molar-refractivity contribution in [2.24, 2.45) is 0 Å². The third-order valence-corrected chi connectivity index (χ3v) is 4.12. The fourth-order valence-corrected chi connectivity index (χ4v) is 2.56. The summed E-state index contributed by atoms with van der Waals surface area (Å²) in [5, 5.41) is 3.06. The zero-order valence-electron chi connectivity index (χ0n) is 13.4. The maximum atomic E-state index is 12.3. The van der Waals surface area contributed by atoms with Crippen molar-refractivity contribution in [1.82, 2.24) is 10.2 Å². The lowest BCUT2D eigenvalue weighted by atomic mass is 10.0. The van der Waals surface area contributed by atoms with E-state index in [1.807, 2.05) is 32.0 Å². The summed E-state index contributed by atoms with van der Waals surface area (Å²) in [6.45, 7) is 6.99. The Morgan fingerprint density at radius 2 is 1.86 bits per heavy atom. The number of likely N-dealkylation sites (tertiary alicyclic amines) is 1. The number of rotatable bonds is 2. The lowest BCUT2D eigenvalue weighted by Crippen LogP contribution is -2.46. The number of benzene rings is 1. The molecule has 1 aromatic carbocycles. The quantitative estimate of drug-likeness (QED) is 0.850. The van der Waals surface area contributed by atoms with Gasteiger partial charge in [-0.1, -0.05) is 12.0 Å². The molecule has 1 fully saturated rings. The normalized spacial score (nSPS) is 15.0. The minimum absolute atomic E-state index is 0.0405. The van der Waals surface area contributed by atoms with E-state index in [0.717, 1.165) is 18.4 Å². The molecule has 1 aliphatic heterocycles. The van der Waals surface area contributed by atoms with E-state index in [-0.39, 0.29) is 17.9 Å². The first-order chi connectivity index (χ1) is 10.5. The summed E-state index contributed by atoms with van der Waals surface area (Å²) < 4.78 is 0. The summed E-state index contributed by atoms with van der Waals surface area (Å²) in [5.41, 5.74) is 2.99. The van der Waals surface area contributed by atoms with Gasteiger partial charge < -0.3 is 10.2 Å². The summed E-state index contributed by atoms with van der Waals surface area (Å²) in [4.78, 5) is 25.7. The number of piperidine rings is 1. The van der Waals surface area contributed by atoms with Crippen LogP contribution in [0.1, 0.15) is 41.3 Å². The number of nitrogens with one attached hydrogen (secondary N) is 1. The topological polar surface area (TPSA) is 49.4 Å². The van der Waals surface area contributed by atoms with Gasteiger partial charge in [-0.2, -0.15) is 0 Å². The van der Waals surface area contributed by atoms with Gasteiger partial charge in [0.05, 0.1) is 0 Å². The molecule has 0 unspecified atom stereocenters. The highest BCUT2D eigenvalue weighted by molar-refractivity contribution is 5.95. The standard InChI is InChI=1S/C18H22N2O2/c1-4-5-17(21)20-10-8-16(9-11-20)19-18(22)15-7-6-13(2)14(3)12-15/h6-7,12,16H,8-11H2,1-3H3,(H,19,22). The molecule has 4 heteroatoms. The average molecular weight is 298 g/mol. The van der Waals surface area contributed by atoms with Crippen molar-refractivity contribution in [2.45, 2.75) is 39.7 Å². The molecule has 1 N–H and O–H groups in total. The van der Waals surface area contributed by atoms with Crippen LogP contribution < -0.4 is 5.32 Å². The van der Waals surface area contributed by atoms with Crippen LogP contribution in [0.5, 0.6) is 0 Å². The second-order valence-electron chi connectivity index (χ2n) is 5.71. The van der Waals surface area contributed by atoms with Gasteiger partial charge in [0.1, 0.15) is 0 Å². The predicted molar refractivity (Wildman–Crippen MR) is 86.4 cm³/mol. The molecule has 2 amide bonds. The number of hydrogen-bond acceptors (Lipinski definition) is 2. The van der Waals surface area contributed by atoms with E-state index in [0.29, 0.717) is 18.7 Å². The Morgan fingerprint density at radius 3 is 2.45 bits per heavy atom. The lowest BCUT2D eigenvalue weighted by molar-refractivity contribution is -0.126. The Kier molecular flexibility index (Phi) is 5.21. The first-order valence-corrected chi connectivity index (χ1v) is 7.61. The monoisotopic (exact) mass is 298 g/mol. The molecule has 22 heavy (non-hydrogen) atoms. The lowest BCUT2D eigenvalue weighted by Gasteiger charge is -2.31. The van der Waals surface area contributed by atoms with Crippen LogP contribution in [0.4, 0.5) is 0 Å². The number of carbonyl (C=O) groups excluding carboxylic acids is 2. The van der Waals surface area contributed by atoms with E-state index in [1.165, 1.54) is 5.56 Å². The highest BCUT2D eigenvalue weighted by Crippen LogP contribution is 2.13. The summed E-state index contributed by atoms with van der Waals surface area (Å²) in [5.74, 6) is 5.02. The zero-order chi connectivity index (χ0) is 16.1. The molecule has 0 bridgehead atoms. The third-order valence-electron chi connectivity index (χ3n) is 4.12. The molecule has 0 spiro atoms. The molecule has 1 heterocycles. The fraction of sp³-hybridized carbons (Fsp3) is 0.444. The Balaban J connectivity index is 1.90. The van der Waals surface area contributed by atoms with Crippen LogP contribution in [0, 0.1) is 25.7 Å². The molecular formula is C18H22N2O2. The summed E-state index contributed by atoms with van der Waals surface area (Å²) in [7, 11) is 0. The van der Waals surface area contributed by atoms with Crippen molar-refractivity contribution in [3.8, 4) is 11.8 Å². The molecule has 1 aliphatic rings. The number of amides is 2. The van der Waals surface area contributed by atoms with Crippen LogP contribution in [0.15, 0.2) is 18.2 Å². The molecule has 0 saturated carbocycles. The smallest absolute Gasteiger partial charge is 0.298 e. The molecule has 1 aromatic rings. The van der Waals surface area contributed by atoms with Gasteiger partial charge in [-0.15, -0.1) is 0 Å². The predicted octanol–water partition coefficient (Wildman–Crippen LogP) is 2.05. The van der Waals surface area contributed by atoms with E-state index < -0.39 is 0 Å². The first-order valence-electron chi connectivity index (χ1n) is 7.61. The van der Waals surface area contributed by atoms with E-state index in [9.17, 15) is 9.59 Å². The minimum Gasteiger partial charge on any atom is -0.349 e. The van der Waals surface area contributed by atoms with Crippen molar-refractivity contribution in [3.05, 3.63) is 34.9 Å². The highest BCUT2D eigenvalue weighted by Gasteiger charge is 2.23. The number of aryl methyl sites for hydroxylation is 2. The van der Waals surface area contributed by atoms with Gasteiger partial charge in [0.25, 0.3) is 11.8 Å². The van der Waals surface area contributed by atoms with E-state index in [4.69, 9.17) is 0 Å². The first kappa shape index (κ1) is 16.1. The molecule has 116 valence electrons. The molecule has 0 radical (unpaired) electrons. The maximum Gasteiger partial charge on any atom is 0.298 e. The Labute approximate surface area is 131 Å². The van der Waals surface area contributed by atoms with Crippen LogP contribution in [-0.4, -0.2) is 35.8 Å². The molecule has 0 aliphatic carbocycles. The number of hydrogen-bond donors (Lipinski definition) is 1. The van der Waals surface area contributed by atoms with Gasteiger partial charge in [-0.05, 0) is 62.8 Å². The third kappa shape index (κ3) is 3.88.